The molecule has 4 heteroatoms. The number of rotatable bonds is 3. The highest BCUT2D eigenvalue weighted by molar-refractivity contribution is 5.30. The van der Waals surface area contributed by atoms with Gasteiger partial charge in [-0.15, -0.1) is 0 Å². The molecule has 1 N–H and O–H groups in total. The number of benzene rings is 1. The largest absolute Gasteiger partial charge is 0.339 e. The van der Waals surface area contributed by atoms with Gasteiger partial charge in [0.2, 0.25) is 5.89 Å². The minimum atomic E-state index is -0.228. The molecule has 1 aromatic carbocycles. The van der Waals surface area contributed by atoms with Crippen LogP contribution in [0.15, 0.2) is 34.9 Å². The first-order chi connectivity index (χ1) is 10.1. The van der Waals surface area contributed by atoms with E-state index in [1.807, 2.05) is 6.07 Å². The second-order valence-corrected chi connectivity index (χ2v) is 6.84. The maximum Gasteiger partial charge on any atom is 0.231 e. The molecule has 4 rings (SSSR count). The summed E-state index contributed by atoms with van der Waals surface area (Å²) in [4.78, 5) is 4.74. The van der Waals surface area contributed by atoms with E-state index in [0.29, 0.717) is 18.0 Å². The summed E-state index contributed by atoms with van der Waals surface area (Å²) in [5.74, 6) is 2.00. The summed E-state index contributed by atoms with van der Waals surface area (Å²) in [7, 11) is 0. The zero-order valence-electron chi connectivity index (χ0n) is 12.5. The van der Waals surface area contributed by atoms with E-state index in [4.69, 9.17) is 9.51 Å². The van der Waals surface area contributed by atoms with Crippen LogP contribution in [0.4, 0.5) is 0 Å². The van der Waals surface area contributed by atoms with Gasteiger partial charge < -0.3 is 9.84 Å². The lowest BCUT2D eigenvalue weighted by Gasteiger charge is -2.21. The summed E-state index contributed by atoms with van der Waals surface area (Å²) >= 11 is 0. The van der Waals surface area contributed by atoms with E-state index in [-0.39, 0.29) is 5.41 Å². The van der Waals surface area contributed by atoms with Crippen LogP contribution in [0.25, 0.3) is 0 Å². The van der Waals surface area contributed by atoms with Gasteiger partial charge >= 0.3 is 0 Å². The van der Waals surface area contributed by atoms with Gasteiger partial charge in [-0.05, 0) is 38.7 Å². The third-order valence-corrected chi connectivity index (χ3v) is 5.11. The van der Waals surface area contributed by atoms with E-state index >= 15 is 0 Å². The Morgan fingerprint density at radius 2 is 2.00 bits per heavy atom. The summed E-state index contributed by atoms with van der Waals surface area (Å²) in [5.41, 5.74) is 0.983. The van der Waals surface area contributed by atoms with Crippen LogP contribution in [-0.2, 0) is 5.41 Å². The quantitative estimate of drug-likeness (QED) is 0.940. The molecule has 2 aromatic rings. The Bertz CT molecular complexity index is 634. The fraction of sp³-hybridized carbons (Fsp3) is 0.529. The van der Waals surface area contributed by atoms with Crippen molar-refractivity contribution in [1.82, 2.24) is 15.5 Å². The second-order valence-electron chi connectivity index (χ2n) is 6.84. The van der Waals surface area contributed by atoms with Crippen LogP contribution in [0.5, 0.6) is 0 Å². The molecule has 0 unspecified atom stereocenters. The van der Waals surface area contributed by atoms with E-state index < -0.39 is 0 Å². The van der Waals surface area contributed by atoms with Crippen molar-refractivity contribution in [3.05, 3.63) is 47.6 Å². The maximum atomic E-state index is 5.61. The smallest absolute Gasteiger partial charge is 0.231 e. The molecule has 2 saturated heterocycles. The van der Waals surface area contributed by atoms with Crippen LogP contribution in [0.3, 0.4) is 0 Å². The summed E-state index contributed by atoms with van der Waals surface area (Å²) in [6.45, 7) is 4.30. The number of nitrogens with one attached hydrogen (secondary N) is 1. The van der Waals surface area contributed by atoms with Gasteiger partial charge in [-0.25, -0.2) is 0 Å². The van der Waals surface area contributed by atoms with Gasteiger partial charge in [0.05, 0.1) is 11.3 Å². The summed E-state index contributed by atoms with van der Waals surface area (Å²) in [5, 5.41) is 7.91. The number of fused-ring (bicyclic) bond motifs is 2. The molecule has 0 aliphatic carbocycles. The van der Waals surface area contributed by atoms with Crippen LogP contribution in [0.1, 0.15) is 56.3 Å². The molecule has 3 heterocycles. The van der Waals surface area contributed by atoms with Crippen molar-refractivity contribution in [3.63, 3.8) is 0 Å². The molecule has 3 atom stereocenters. The Morgan fingerprint density at radius 3 is 2.67 bits per heavy atom. The molecule has 1 aromatic heterocycles. The first-order valence-corrected chi connectivity index (χ1v) is 7.80. The Kier molecular flexibility index (Phi) is 2.89. The first kappa shape index (κ1) is 13.0. The van der Waals surface area contributed by atoms with Crippen LogP contribution >= 0.6 is 0 Å². The van der Waals surface area contributed by atoms with E-state index in [0.717, 1.165) is 18.1 Å². The third-order valence-electron chi connectivity index (χ3n) is 5.11. The van der Waals surface area contributed by atoms with E-state index in [1.165, 1.54) is 18.4 Å². The third kappa shape index (κ3) is 2.09. The van der Waals surface area contributed by atoms with Gasteiger partial charge in [0, 0.05) is 12.1 Å². The van der Waals surface area contributed by atoms with Crippen molar-refractivity contribution < 1.29 is 4.52 Å². The molecule has 0 spiro atoms. The standard InChI is InChI=1S/C17H21N3O/c1-17(2,11-6-4-3-5-7-11)16-19-15(21-20-16)13-10-12-8-9-14(13)18-12/h3-7,12-14,18H,8-10H2,1-2H3/t12-,13+,14+/m1/s1. The fourth-order valence-electron chi connectivity index (χ4n) is 3.72. The molecule has 110 valence electrons. The number of hydrogen-bond donors (Lipinski definition) is 1. The lowest BCUT2D eigenvalue weighted by atomic mass is 9.84. The Hall–Kier alpha value is -1.68. The molecule has 21 heavy (non-hydrogen) atoms. The van der Waals surface area contributed by atoms with Crippen molar-refractivity contribution >= 4 is 0 Å². The fourth-order valence-corrected chi connectivity index (χ4v) is 3.72. The van der Waals surface area contributed by atoms with Crippen LogP contribution in [-0.4, -0.2) is 22.2 Å². The molecular formula is C17H21N3O. The second kappa shape index (κ2) is 4.67. The van der Waals surface area contributed by atoms with E-state index in [1.54, 1.807) is 0 Å². The van der Waals surface area contributed by atoms with Crippen molar-refractivity contribution in [3.8, 4) is 0 Å². The average Bonchev–Trinajstić information content (AvgIpc) is 3.24. The zero-order chi connectivity index (χ0) is 14.4. The highest BCUT2D eigenvalue weighted by Gasteiger charge is 2.43. The maximum absolute atomic E-state index is 5.61. The first-order valence-electron chi connectivity index (χ1n) is 7.80. The van der Waals surface area contributed by atoms with Crippen molar-refractivity contribution in [1.29, 1.82) is 0 Å². The van der Waals surface area contributed by atoms with E-state index in [2.05, 4.69) is 48.6 Å². The van der Waals surface area contributed by atoms with Gasteiger partial charge in [-0.1, -0.05) is 35.5 Å². The molecule has 4 nitrogen and oxygen atoms in total. The Labute approximate surface area is 124 Å². The normalized spacial score (nSPS) is 28.2. The molecule has 0 saturated carbocycles. The predicted octanol–water partition coefficient (Wildman–Crippen LogP) is 3.00. The van der Waals surface area contributed by atoms with Crippen molar-refractivity contribution in [2.75, 3.05) is 0 Å². The lowest BCUT2D eigenvalue weighted by molar-refractivity contribution is 0.324. The summed E-state index contributed by atoms with van der Waals surface area (Å²) < 4.78 is 5.61. The molecular weight excluding hydrogens is 262 g/mol. The van der Waals surface area contributed by atoms with Crippen LogP contribution < -0.4 is 5.32 Å². The number of nitrogens with zero attached hydrogens (tertiary/aromatic N) is 2. The molecule has 0 radical (unpaired) electrons. The van der Waals surface area contributed by atoms with Crippen molar-refractivity contribution in [2.45, 2.75) is 56.5 Å². The number of aromatic nitrogens is 2. The highest BCUT2D eigenvalue weighted by atomic mass is 16.5. The average molecular weight is 283 g/mol. The van der Waals surface area contributed by atoms with Gasteiger partial charge in [0.25, 0.3) is 0 Å². The van der Waals surface area contributed by atoms with Gasteiger partial charge in [-0.2, -0.15) is 4.98 Å². The van der Waals surface area contributed by atoms with Crippen molar-refractivity contribution in [2.24, 2.45) is 0 Å². The molecule has 2 aliphatic rings. The summed E-state index contributed by atoms with van der Waals surface area (Å²) in [6, 6.07) is 11.6. The molecule has 2 bridgehead atoms. The topological polar surface area (TPSA) is 51.0 Å². The van der Waals surface area contributed by atoms with E-state index in [9.17, 15) is 0 Å². The monoisotopic (exact) mass is 283 g/mol. The minimum absolute atomic E-state index is 0.228. The molecule has 0 amide bonds. The Morgan fingerprint density at radius 1 is 1.19 bits per heavy atom. The van der Waals surface area contributed by atoms with Gasteiger partial charge in [-0.3, -0.25) is 0 Å². The van der Waals surface area contributed by atoms with Crippen LogP contribution in [0, 0.1) is 0 Å². The van der Waals surface area contributed by atoms with Gasteiger partial charge in [0.15, 0.2) is 5.82 Å². The SMILES string of the molecule is CC(C)(c1ccccc1)c1noc([C@H]2C[C@H]3CC[C@@H]2N3)n1. The van der Waals surface area contributed by atoms with Crippen LogP contribution in [0.2, 0.25) is 0 Å². The number of hydrogen-bond acceptors (Lipinski definition) is 4. The highest BCUT2D eigenvalue weighted by Crippen LogP contribution is 2.40. The summed E-state index contributed by atoms with van der Waals surface area (Å²) in [6.07, 6.45) is 3.66. The predicted molar refractivity (Wildman–Crippen MR) is 80.2 cm³/mol. The lowest BCUT2D eigenvalue weighted by Crippen LogP contribution is -2.23. The zero-order valence-corrected chi connectivity index (χ0v) is 12.5. The van der Waals surface area contributed by atoms with Gasteiger partial charge in [0.1, 0.15) is 0 Å². The molecule has 2 aliphatic heterocycles. The Balaban J connectivity index is 1.62. The molecule has 2 fully saturated rings. The minimum Gasteiger partial charge on any atom is -0.339 e.